The SMILES string of the molecule is C/C=C1/CC[C@H]2[C@@H]3CC[C@@H]4C[C@H](NC(=O)CC(=O)O)CC[C@]4(C)[C@H]3CC[C@]12C. The van der Waals surface area contributed by atoms with E-state index >= 15 is 0 Å². The van der Waals surface area contributed by atoms with Gasteiger partial charge in [0.15, 0.2) is 0 Å². The maximum atomic E-state index is 11.9. The Morgan fingerprint density at radius 2 is 1.89 bits per heavy atom. The number of rotatable bonds is 3. The van der Waals surface area contributed by atoms with Gasteiger partial charge < -0.3 is 10.4 Å². The number of hydrogen-bond acceptors (Lipinski definition) is 2. The number of carbonyl (C=O) groups excluding carboxylic acids is 1. The van der Waals surface area contributed by atoms with Gasteiger partial charge in [-0.2, -0.15) is 0 Å². The molecular weight excluding hydrogens is 350 g/mol. The number of fused-ring (bicyclic) bond motifs is 5. The summed E-state index contributed by atoms with van der Waals surface area (Å²) >= 11 is 0. The summed E-state index contributed by atoms with van der Waals surface area (Å²) in [5, 5.41) is 11.8. The lowest BCUT2D eigenvalue weighted by Crippen LogP contribution is -2.55. The number of allylic oxidation sites excluding steroid dienone is 2. The molecule has 0 heterocycles. The van der Waals surface area contributed by atoms with Crippen LogP contribution in [0.15, 0.2) is 11.6 Å². The fraction of sp³-hybridized carbons (Fsp3) is 0.833. The molecule has 0 unspecified atom stereocenters. The third-order valence-electron chi connectivity index (χ3n) is 9.54. The summed E-state index contributed by atoms with van der Waals surface area (Å²) in [4.78, 5) is 22.7. The summed E-state index contributed by atoms with van der Waals surface area (Å²) in [6.07, 6.45) is 13.2. The van der Waals surface area contributed by atoms with Crippen molar-refractivity contribution in [2.45, 2.75) is 91.0 Å². The summed E-state index contributed by atoms with van der Waals surface area (Å²) in [5.74, 6) is 1.87. The second kappa shape index (κ2) is 7.18. The predicted molar refractivity (Wildman–Crippen MR) is 110 cm³/mol. The first-order valence-corrected chi connectivity index (χ1v) is 11.4. The molecule has 0 aromatic rings. The number of amides is 1. The largest absolute Gasteiger partial charge is 0.481 e. The monoisotopic (exact) mass is 387 g/mol. The molecule has 4 aliphatic rings. The van der Waals surface area contributed by atoms with Crippen molar-refractivity contribution in [2.24, 2.45) is 34.5 Å². The van der Waals surface area contributed by atoms with E-state index in [1.165, 1.54) is 44.9 Å². The summed E-state index contributed by atoms with van der Waals surface area (Å²) in [6, 6.07) is 0.163. The molecular formula is C24H37NO3. The van der Waals surface area contributed by atoms with Gasteiger partial charge in [-0.1, -0.05) is 25.5 Å². The van der Waals surface area contributed by atoms with Crippen LogP contribution in [0, 0.1) is 34.5 Å². The fourth-order valence-corrected chi connectivity index (χ4v) is 8.13. The van der Waals surface area contributed by atoms with Gasteiger partial charge >= 0.3 is 5.97 Å². The maximum absolute atomic E-state index is 11.9. The van der Waals surface area contributed by atoms with E-state index in [9.17, 15) is 9.59 Å². The van der Waals surface area contributed by atoms with Gasteiger partial charge in [0.05, 0.1) is 0 Å². The molecule has 28 heavy (non-hydrogen) atoms. The van der Waals surface area contributed by atoms with Crippen LogP contribution in [0.5, 0.6) is 0 Å². The molecule has 156 valence electrons. The number of carboxylic acid groups (broad SMARTS) is 1. The van der Waals surface area contributed by atoms with Gasteiger partial charge in [0.25, 0.3) is 0 Å². The van der Waals surface area contributed by atoms with Gasteiger partial charge in [-0.05, 0) is 99.2 Å². The first kappa shape index (κ1) is 20.0. The Morgan fingerprint density at radius 1 is 1.11 bits per heavy atom. The molecule has 2 N–H and O–H groups in total. The first-order valence-electron chi connectivity index (χ1n) is 11.4. The van der Waals surface area contributed by atoms with Crippen LogP contribution in [0.2, 0.25) is 0 Å². The van der Waals surface area contributed by atoms with E-state index in [1.54, 1.807) is 5.57 Å². The Morgan fingerprint density at radius 3 is 2.61 bits per heavy atom. The lowest BCUT2D eigenvalue weighted by atomic mass is 9.45. The first-order chi connectivity index (χ1) is 13.3. The molecule has 0 aromatic carbocycles. The second-order valence-electron chi connectivity index (χ2n) is 10.6. The second-order valence-corrected chi connectivity index (χ2v) is 10.6. The minimum atomic E-state index is -1.04. The highest BCUT2D eigenvalue weighted by Gasteiger charge is 2.58. The van der Waals surface area contributed by atoms with Crippen molar-refractivity contribution in [3.8, 4) is 0 Å². The topological polar surface area (TPSA) is 66.4 Å². The van der Waals surface area contributed by atoms with Crippen molar-refractivity contribution < 1.29 is 14.7 Å². The Kier molecular flexibility index (Phi) is 5.12. The zero-order chi connectivity index (χ0) is 20.1. The lowest BCUT2D eigenvalue weighted by Gasteiger charge is -2.60. The fourth-order valence-electron chi connectivity index (χ4n) is 8.13. The zero-order valence-corrected chi connectivity index (χ0v) is 17.8. The predicted octanol–water partition coefficient (Wildman–Crippen LogP) is 4.93. The van der Waals surface area contributed by atoms with E-state index in [-0.39, 0.29) is 11.9 Å². The van der Waals surface area contributed by atoms with Crippen LogP contribution < -0.4 is 5.32 Å². The van der Waals surface area contributed by atoms with Crippen LogP contribution in [0.25, 0.3) is 0 Å². The normalized spacial score (nSPS) is 46.4. The van der Waals surface area contributed by atoms with E-state index in [0.29, 0.717) is 16.7 Å². The standard InChI is InChI=1S/C24H37NO3/c1-4-15-6-8-19-18-7-5-16-13-17(25-21(26)14-22(27)28)9-11-24(16,3)20(18)10-12-23(15,19)2/h4,16-20H,5-14H2,1-3H3,(H,25,26)(H,27,28)/b15-4-/t16-,17-,18+,19+,20+,23-,24+/m1/s1. The molecule has 1 amide bonds. The van der Waals surface area contributed by atoms with Crippen LogP contribution in [-0.2, 0) is 9.59 Å². The summed E-state index contributed by atoms with van der Waals surface area (Å²) in [7, 11) is 0. The summed E-state index contributed by atoms with van der Waals surface area (Å²) < 4.78 is 0. The van der Waals surface area contributed by atoms with Gasteiger partial charge in [0.1, 0.15) is 6.42 Å². The molecule has 4 saturated carbocycles. The third kappa shape index (κ3) is 3.11. The van der Waals surface area contributed by atoms with Crippen molar-refractivity contribution in [1.82, 2.24) is 5.32 Å². The van der Waals surface area contributed by atoms with E-state index in [2.05, 4.69) is 32.2 Å². The van der Waals surface area contributed by atoms with Crippen LogP contribution in [0.1, 0.15) is 85.0 Å². The van der Waals surface area contributed by atoms with Crippen molar-refractivity contribution in [1.29, 1.82) is 0 Å². The van der Waals surface area contributed by atoms with Crippen molar-refractivity contribution in [3.05, 3.63) is 11.6 Å². The van der Waals surface area contributed by atoms with Crippen molar-refractivity contribution in [3.63, 3.8) is 0 Å². The van der Waals surface area contributed by atoms with Gasteiger partial charge in [-0.15, -0.1) is 0 Å². The maximum Gasteiger partial charge on any atom is 0.312 e. The van der Waals surface area contributed by atoms with E-state index < -0.39 is 12.4 Å². The Balaban J connectivity index is 1.46. The molecule has 0 aromatic heterocycles. The van der Waals surface area contributed by atoms with Crippen LogP contribution in [-0.4, -0.2) is 23.0 Å². The van der Waals surface area contributed by atoms with Crippen LogP contribution >= 0.6 is 0 Å². The van der Waals surface area contributed by atoms with Crippen LogP contribution in [0.3, 0.4) is 0 Å². The lowest BCUT2D eigenvalue weighted by molar-refractivity contribution is -0.141. The Labute approximate surface area is 169 Å². The smallest absolute Gasteiger partial charge is 0.312 e. The Hall–Kier alpha value is -1.32. The number of hydrogen-bond donors (Lipinski definition) is 2. The summed E-state index contributed by atoms with van der Waals surface area (Å²) in [6.45, 7) is 7.31. The minimum absolute atomic E-state index is 0.163. The van der Waals surface area contributed by atoms with Gasteiger partial charge in [-0.25, -0.2) is 0 Å². The molecule has 0 radical (unpaired) electrons. The number of carbonyl (C=O) groups is 2. The average Bonchev–Trinajstić information content (AvgIpc) is 2.97. The van der Waals surface area contributed by atoms with Crippen molar-refractivity contribution >= 4 is 11.9 Å². The molecule has 0 bridgehead atoms. The molecule has 4 rings (SSSR count). The van der Waals surface area contributed by atoms with Crippen molar-refractivity contribution in [2.75, 3.05) is 0 Å². The van der Waals surface area contributed by atoms with E-state index in [0.717, 1.165) is 30.6 Å². The molecule has 0 saturated heterocycles. The Bertz CT molecular complexity index is 685. The quantitative estimate of drug-likeness (QED) is 0.533. The number of carboxylic acids is 1. The average molecular weight is 388 g/mol. The number of aliphatic carboxylic acids is 1. The van der Waals surface area contributed by atoms with Gasteiger partial charge in [-0.3, -0.25) is 9.59 Å². The highest BCUT2D eigenvalue weighted by molar-refractivity contribution is 5.93. The highest BCUT2D eigenvalue weighted by Crippen LogP contribution is 2.67. The van der Waals surface area contributed by atoms with Gasteiger partial charge in [0, 0.05) is 6.04 Å². The molecule has 4 fully saturated rings. The third-order valence-corrected chi connectivity index (χ3v) is 9.54. The molecule has 4 nitrogen and oxygen atoms in total. The minimum Gasteiger partial charge on any atom is -0.481 e. The highest BCUT2D eigenvalue weighted by atomic mass is 16.4. The molecule has 4 heteroatoms. The van der Waals surface area contributed by atoms with Gasteiger partial charge in [0.2, 0.25) is 5.91 Å². The zero-order valence-electron chi connectivity index (χ0n) is 17.8. The number of nitrogens with one attached hydrogen (secondary N) is 1. The summed E-state index contributed by atoms with van der Waals surface area (Å²) in [5.41, 5.74) is 2.56. The molecule has 4 aliphatic carbocycles. The van der Waals surface area contributed by atoms with E-state index in [4.69, 9.17) is 5.11 Å². The molecule has 7 atom stereocenters. The molecule has 0 aliphatic heterocycles. The van der Waals surface area contributed by atoms with Crippen LogP contribution in [0.4, 0.5) is 0 Å². The van der Waals surface area contributed by atoms with E-state index in [1.807, 2.05) is 0 Å². The molecule has 0 spiro atoms.